The predicted octanol–water partition coefficient (Wildman–Crippen LogP) is 2.10. The summed E-state index contributed by atoms with van der Waals surface area (Å²) in [6.07, 6.45) is 0.600. The summed E-state index contributed by atoms with van der Waals surface area (Å²) in [5, 5.41) is 3.32. The van der Waals surface area contributed by atoms with E-state index in [4.69, 9.17) is 14.0 Å². The molecule has 0 amide bonds. The van der Waals surface area contributed by atoms with Crippen molar-refractivity contribution in [3.63, 3.8) is 0 Å². The van der Waals surface area contributed by atoms with Gasteiger partial charge in [-0.1, -0.05) is 81.4 Å². The molecule has 1 aliphatic heterocycles. The Morgan fingerprint density at radius 2 is 1.67 bits per heavy atom. The fourth-order valence-corrected chi connectivity index (χ4v) is 9.86. The summed E-state index contributed by atoms with van der Waals surface area (Å²) in [6, 6.07) is 19.7. The minimum absolute atomic E-state index is 0.0114. The SMILES string of the molecule is CCOC(=O)[C@@]1(n2cc(F)c(=O)[nH]c2=O)C[C@H](CO[Si](c2ccccc2)(c2ccccc2)C(C)(C)C)N(C)O1. The second-order valence-electron chi connectivity index (χ2n) is 10.6. The minimum Gasteiger partial charge on any atom is -0.462 e. The van der Waals surface area contributed by atoms with Crippen LogP contribution in [0.25, 0.3) is 0 Å². The number of carbonyl (C=O) groups is 1. The lowest BCUT2D eigenvalue weighted by atomic mass is 10.1. The molecule has 9 nitrogen and oxygen atoms in total. The van der Waals surface area contributed by atoms with E-state index in [9.17, 15) is 18.8 Å². The number of H-pyrrole nitrogens is 1. The number of hydrogen-bond donors (Lipinski definition) is 1. The fourth-order valence-electron chi connectivity index (χ4n) is 5.27. The molecular weight excluding hydrogens is 521 g/mol. The molecule has 1 fully saturated rings. The van der Waals surface area contributed by atoms with Gasteiger partial charge in [0.15, 0.2) is 0 Å². The van der Waals surface area contributed by atoms with Crippen LogP contribution in [0.3, 0.4) is 0 Å². The van der Waals surface area contributed by atoms with Gasteiger partial charge >= 0.3 is 11.7 Å². The first-order valence-electron chi connectivity index (χ1n) is 12.8. The van der Waals surface area contributed by atoms with E-state index in [1.54, 1.807) is 14.0 Å². The maximum absolute atomic E-state index is 14.3. The molecule has 1 N–H and O–H groups in total. The number of likely N-dealkylation sites (N-methyl/N-ethyl adjacent to an activating group) is 1. The molecule has 1 saturated heterocycles. The van der Waals surface area contributed by atoms with E-state index >= 15 is 0 Å². The predicted molar refractivity (Wildman–Crippen MR) is 147 cm³/mol. The fraction of sp³-hybridized carbons (Fsp3) is 0.393. The van der Waals surface area contributed by atoms with Crippen LogP contribution in [0.1, 0.15) is 34.1 Å². The van der Waals surface area contributed by atoms with Crippen molar-refractivity contribution in [1.82, 2.24) is 14.6 Å². The third kappa shape index (κ3) is 5.14. The summed E-state index contributed by atoms with van der Waals surface area (Å²) in [5.74, 6) is -2.10. The summed E-state index contributed by atoms with van der Waals surface area (Å²) >= 11 is 0. The zero-order valence-electron chi connectivity index (χ0n) is 22.8. The molecule has 2 atom stereocenters. The topological polar surface area (TPSA) is 103 Å². The number of nitrogens with zero attached hydrogens (tertiary/aromatic N) is 2. The Morgan fingerprint density at radius 1 is 1.10 bits per heavy atom. The van der Waals surface area contributed by atoms with E-state index in [2.05, 4.69) is 45.0 Å². The largest absolute Gasteiger partial charge is 0.462 e. The Balaban J connectivity index is 1.76. The Hall–Kier alpha value is -3.38. The molecular formula is C28H34FN3O6Si. The van der Waals surface area contributed by atoms with Crippen LogP contribution in [0.2, 0.25) is 5.04 Å². The number of benzene rings is 2. The van der Waals surface area contributed by atoms with Crippen LogP contribution in [0.4, 0.5) is 4.39 Å². The van der Waals surface area contributed by atoms with Crippen molar-refractivity contribution in [1.29, 1.82) is 0 Å². The third-order valence-electron chi connectivity index (χ3n) is 7.11. The number of aromatic nitrogens is 2. The zero-order valence-corrected chi connectivity index (χ0v) is 23.8. The third-order valence-corrected chi connectivity index (χ3v) is 12.1. The van der Waals surface area contributed by atoms with Gasteiger partial charge in [-0.3, -0.25) is 19.2 Å². The van der Waals surface area contributed by atoms with Gasteiger partial charge in [-0.25, -0.2) is 9.59 Å². The second kappa shape index (κ2) is 11.0. The molecule has 39 heavy (non-hydrogen) atoms. The van der Waals surface area contributed by atoms with Crippen molar-refractivity contribution in [2.24, 2.45) is 0 Å². The van der Waals surface area contributed by atoms with E-state index in [0.717, 1.165) is 14.9 Å². The maximum atomic E-state index is 14.3. The Kier molecular flexibility index (Phi) is 8.08. The number of aromatic amines is 1. The van der Waals surface area contributed by atoms with E-state index in [1.165, 1.54) is 5.06 Å². The van der Waals surface area contributed by atoms with Gasteiger partial charge in [0.05, 0.1) is 25.5 Å². The molecule has 0 aliphatic carbocycles. The summed E-state index contributed by atoms with van der Waals surface area (Å²) in [6.45, 7) is 8.23. The van der Waals surface area contributed by atoms with Gasteiger partial charge in [0.25, 0.3) is 19.6 Å². The lowest BCUT2D eigenvalue weighted by molar-refractivity contribution is -0.238. The smallest absolute Gasteiger partial charge is 0.362 e. The van der Waals surface area contributed by atoms with Gasteiger partial charge in [0, 0.05) is 13.5 Å². The number of hydrogen-bond acceptors (Lipinski definition) is 7. The van der Waals surface area contributed by atoms with Crippen LogP contribution in [-0.4, -0.2) is 55.2 Å². The van der Waals surface area contributed by atoms with Gasteiger partial charge in [0.2, 0.25) is 5.82 Å². The average Bonchev–Trinajstić information content (AvgIpc) is 3.24. The number of nitrogens with one attached hydrogen (secondary N) is 1. The number of ether oxygens (including phenoxy) is 1. The molecule has 0 bridgehead atoms. The van der Waals surface area contributed by atoms with E-state index in [0.29, 0.717) is 6.20 Å². The monoisotopic (exact) mass is 555 g/mol. The van der Waals surface area contributed by atoms with Crippen molar-refractivity contribution in [2.45, 2.75) is 50.9 Å². The molecule has 0 radical (unpaired) electrons. The van der Waals surface area contributed by atoms with Crippen molar-refractivity contribution < 1.29 is 23.2 Å². The van der Waals surface area contributed by atoms with Crippen molar-refractivity contribution in [3.8, 4) is 0 Å². The van der Waals surface area contributed by atoms with E-state index in [1.807, 2.05) is 41.4 Å². The molecule has 1 aromatic heterocycles. The van der Waals surface area contributed by atoms with Crippen molar-refractivity contribution in [2.75, 3.05) is 20.3 Å². The van der Waals surface area contributed by atoms with Crippen LogP contribution in [-0.2, 0) is 24.5 Å². The highest BCUT2D eigenvalue weighted by Gasteiger charge is 2.56. The lowest BCUT2D eigenvalue weighted by Gasteiger charge is -2.43. The highest BCUT2D eigenvalue weighted by molar-refractivity contribution is 6.99. The summed E-state index contributed by atoms with van der Waals surface area (Å²) < 4.78 is 27.3. The maximum Gasteiger partial charge on any atom is 0.362 e. The highest BCUT2D eigenvalue weighted by Crippen LogP contribution is 2.39. The molecule has 1 aliphatic rings. The number of rotatable bonds is 8. The molecule has 0 unspecified atom stereocenters. The van der Waals surface area contributed by atoms with Gasteiger partial charge in [0.1, 0.15) is 0 Å². The van der Waals surface area contributed by atoms with E-state index in [-0.39, 0.29) is 24.7 Å². The first-order chi connectivity index (χ1) is 18.5. The Labute approximate surface area is 227 Å². The van der Waals surface area contributed by atoms with Gasteiger partial charge < -0.3 is 9.16 Å². The first kappa shape index (κ1) is 28.6. The van der Waals surface area contributed by atoms with Gasteiger partial charge in [-0.2, -0.15) is 9.45 Å². The van der Waals surface area contributed by atoms with E-state index < -0.39 is 43.1 Å². The number of halogens is 1. The quantitative estimate of drug-likeness (QED) is 0.336. The molecule has 4 rings (SSSR count). The summed E-state index contributed by atoms with van der Waals surface area (Å²) in [5.41, 5.74) is -4.20. The first-order valence-corrected chi connectivity index (χ1v) is 14.7. The Morgan fingerprint density at radius 3 is 2.18 bits per heavy atom. The zero-order chi connectivity index (χ0) is 28.4. The van der Waals surface area contributed by atoms with Gasteiger partial charge in [-0.15, -0.1) is 0 Å². The minimum atomic E-state index is -2.92. The number of hydroxylamine groups is 2. The van der Waals surface area contributed by atoms with Crippen molar-refractivity contribution >= 4 is 24.7 Å². The number of esters is 1. The molecule has 0 spiro atoms. The molecule has 208 valence electrons. The molecule has 0 saturated carbocycles. The van der Waals surface area contributed by atoms with Crippen LogP contribution < -0.4 is 21.6 Å². The standard InChI is InChI=1S/C28H34FN3O6Si/c1-6-36-25(34)28(32-18-23(29)24(33)30-26(32)35)17-20(31(5)38-28)19-37-39(27(2,3)4,21-13-9-7-10-14-21)22-15-11-8-12-16-22/h7-16,18,20H,6,17,19H2,1-5H3,(H,30,33,35)/t20-,28-/m1/s1. The average molecular weight is 556 g/mol. The van der Waals surface area contributed by atoms with Crippen LogP contribution in [0.5, 0.6) is 0 Å². The molecule has 2 aromatic carbocycles. The Bertz CT molecular complexity index is 1380. The van der Waals surface area contributed by atoms with Crippen LogP contribution >= 0.6 is 0 Å². The highest BCUT2D eigenvalue weighted by atomic mass is 28.4. The van der Waals surface area contributed by atoms with Crippen LogP contribution in [0, 0.1) is 5.82 Å². The second-order valence-corrected chi connectivity index (χ2v) is 14.9. The number of carbonyl (C=O) groups excluding carboxylic acids is 1. The van der Waals surface area contributed by atoms with Gasteiger partial charge in [-0.05, 0) is 22.3 Å². The lowest BCUT2D eigenvalue weighted by Crippen LogP contribution is -2.67. The molecule has 3 aromatic rings. The summed E-state index contributed by atoms with van der Waals surface area (Å²) in [7, 11) is -1.30. The molecule has 2 heterocycles. The molecule has 11 heteroatoms. The normalized spacial score (nSPS) is 20.2. The van der Waals surface area contributed by atoms with Crippen molar-refractivity contribution in [3.05, 3.63) is 93.5 Å². The summed E-state index contributed by atoms with van der Waals surface area (Å²) in [4.78, 5) is 45.5. The van der Waals surface area contributed by atoms with Crippen LogP contribution in [0.15, 0.2) is 76.4 Å².